The monoisotopic (exact) mass is 341 g/mol. The average molecular weight is 341 g/mol. The third-order valence-corrected chi connectivity index (χ3v) is 4.08. The zero-order valence-electron chi connectivity index (χ0n) is 15.2. The summed E-state index contributed by atoms with van der Waals surface area (Å²) in [4.78, 5) is 12.5. The number of nitrogens with one attached hydrogen (secondary N) is 1. The smallest absolute Gasteiger partial charge is 0.261 e. The molecule has 2 atom stereocenters. The highest BCUT2D eigenvalue weighted by Crippen LogP contribution is 2.20. The lowest BCUT2D eigenvalue weighted by atomic mass is 10.1. The van der Waals surface area contributed by atoms with Crippen LogP contribution in [-0.2, 0) is 11.2 Å². The van der Waals surface area contributed by atoms with Gasteiger partial charge in [0, 0.05) is 12.1 Å². The van der Waals surface area contributed by atoms with Crippen molar-refractivity contribution in [2.75, 3.05) is 7.11 Å². The lowest BCUT2D eigenvalue weighted by Crippen LogP contribution is -2.42. The summed E-state index contributed by atoms with van der Waals surface area (Å²) >= 11 is 0. The summed E-state index contributed by atoms with van der Waals surface area (Å²) in [6, 6.07) is 17.7. The molecule has 0 aliphatic rings. The van der Waals surface area contributed by atoms with Gasteiger partial charge in [0.05, 0.1) is 7.11 Å². The molecule has 4 nitrogen and oxygen atoms in total. The summed E-state index contributed by atoms with van der Waals surface area (Å²) in [6.45, 7) is 3.97. The van der Waals surface area contributed by atoms with Crippen molar-refractivity contribution in [1.82, 2.24) is 5.32 Å². The van der Waals surface area contributed by atoms with Crippen molar-refractivity contribution < 1.29 is 14.3 Å². The van der Waals surface area contributed by atoms with Crippen molar-refractivity contribution in [2.24, 2.45) is 0 Å². The Morgan fingerprint density at radius 3 is 2.48 bits per heavy atom. The van der Waals surface area contributed by atoms with E-state index >= 15 is 0 Å². The molecule has 0 aliphatic carbocycles. The van der Waals surface area contributed by atoms with E-state index in [2.05, 4.69) is 17.4 Å². The van der Waals surface area contributed by atoms with Gasteiger partial charge in [-0.3, -0.25) is 4.79 Å². The van der Waals surface area contributed by atoms with Gasteiger partial charge in [0.2, 0.25) is 0 Å². The van der Waals surface area contributed by atoms with Gasteiger partial charge in [-0.2, -0.15) is 0 Å². The average Bonchev–Trinajstić information content (AvgIpc) is 2.65. The Bertz CT molecular complexity index is 657. The summed E-state index contributed by atoms with van der Waals surface area (Å²) in [6.07, 6.45) is 1.93. The molecule has 0 unspecified atom stereocenters. The Balaban J connectivity index is 1.85. The number of benzene rings is 2. The fraction of sp³-hybridized carbons (Fsp3) is 0.381. The van der Waals surface area contributed by atoms with Crippen molar-refractivity contribution >= 4 is 5.91 Å². The number of rotatable bonds is 9. The fourth-order valence-electron chi connectivity index (χ4n) is 2.60. The minimum Gasteiger partial charge on any atom is -0.497 e. The number of methoxy groups -OCH3 is 1. The SMILES string of the molecule is CC[C@@H](Oc1cccc(OC)c1)C(=O)N[C@H](C)CCc1ccccc1. The van der Waals surface area contributed by atoms with Gasteiger partial charge < -0.3 is 14.8 Å². The first-order chi connectivity index (χ1) is 12.1. The molecule has 25 heavy (non-hydrogen) atoms. The molecule has 4 heteroatoms. The Labute approximate surface area is 150 Å². The van der Waals surface area contributed by atoms with Crippen molar-refractivity contribution in [3.63, 3.8) is 0 Å². The predicted molar refractivity (Wildman–Crippen MR) is 100 cm³/mol. The van der Waals surface area contributed by atoms with Gasteiger partial charge in [0.1, 0.15) is 11.5 Å². The third kappa shape index (κ3) is 6.14. The van der Waals surface area contributed by atoms with Crippen LogP contribution in [0.4, 0.5) is 0 Å². The van der Waals surface area contributed by atoms with Crippen LogP contribution in [0.5, 0.6) is 11.5 Å². The van der Waals surface area contributed by atoms with E-state index in [4.69, 9.17) is 9.47 Å². The number of amides is 1. The summed E-state index contributed by atoms with van der Waals surface area (Å²) in [5, 5.41) is 3.05. The first kappa shape index (κ1) is 18.8. The molecule has 2 aromatic rings. The Morgan fingerprint density at radius 1 is 1.08 bits per heavy atom. The molecule has 134 valence electrons. The van der Waals surface area contributed by atoms with Crippen LogP contribution >= 0.6 is 0 Å². The van der Waals surface area contributed by atoms with Gasteiger partial charge in [-0.15, -0.1) is 0 Å². The second kappa shape index (κ2) is 9.72. The standard InChI is InChI=1S/C21H27NO3/c1-4-20(25-19-12-8-11-18(15-19)24-3)21(23)22-16(2)13-14-17-9-6-5-7-10-17/h5-12,15-16,20H,4,13-14H2,1-3H3,(H,22,23)/t16-,20-/m1/s1. The van der Waals surface area contributed by atoms with E-state index in [0.29, 0.717) is 17.9 Å². The molecular weight excluding hydrogens is 314 g/mol. The van der Waals surface area contributed by atoms with Crippen LogP contribution < -0.4 is 14.8 Å². The van der Waals surface area contributed by atoms with Crippen LogP contribution in [0.3, 0.4) is 0 Å². The molecule has 2 rings (SSSR count). The van der Waals surface area contributed by atoms with Crippen molar-refractivity contribution in [2.45, 2.75) is 45.3 Å². The highest BCUT2D eigenvalue weighted by molar-refractivity contribution is 5.81. The number of hydrogen-bond acceptors (Lipinski definition) is 3. The Kier molecular flexibility index (Phi) is 7.33. The van der Waals surface area contributed by atoms with Crippen molar-refractivity contribution in [3.8, 4) is 11.5 Å². The largest absolute Gasteiger partial charge is 0.497 e. The summed E-state index contributed by atoms with van der Waals surface area (Å²) < 4.78 is 11.0. The highest BCUT2D eigenvalue weighted by atomic mass is 16.5. The molecule has 1 N–H and O–H groups in total. The van der Waals surface area contributed by atoms with E-state index in [1.165, 1.54) is 5.56 Å². The number of carbonyl (C=O) groups excluding carboxylic acids is 1. The van der Waals surface area contributed by atoms with Crippen LogP contribution in [0, 0.1) is 0 Å². The van der Waals surface area contributed by atoms with E-state index in [-0.39, 0.29) is 11.9 Å². The zero-order valence-corrected chi connectivity index (χ0v) is 15.2. The number of ether oxygens (including phenoxy) is 2. The van der Waals surface area contributed by atoms with Gasteiger partial charge in [0.25, 0.3) is 5.91 Å². The first-order valence-corrected chi connectivity index (χ1v) is 8.77. The van der Waals surface area contributed by atoms with E-state index < -0.39 is 6.10 Å². The van der Waals surface area contributed by atoms with Gasteiger partial charge in [-0.05, 0) is 43.9 Å². The number of aryl methyl sites for hydroxylation is 1. The van der Waals surface area contributed by atoms with Gasteiger partial charge in [-0.25, -0.2) is 0 Å². The molecule has 0 heterocycles. The molecule has 2 aromatic carbocycles. The van der Waals surface area contributed by atoms with E-state index in [1.807, 2.05) is 50.2 Å². The molecule has 0 radical (unpaired) electrons. The normalized spacial score (nSPS) is 12.9. The number of hydrogen-bond donors (Lipinski definition) is 1. The maximum atomic E-state index is 12.5. The lowest BCUT2D eigenvalue weighted by molar-refractivity contribution is -0.128. The molecule has 0 bridgehead atoms. The zero-order chi connectivity index (χ0) is 18.1. The molecular formula is C21H27NO3. The van der Waals surface area contributed by atoms with E-state index in [9.17, 15) is 4.79 Å². The maximum Gasteiger partial charge on any atom is 0.261 e. The Morgan fingerprint density at radius 2 is 1.80 bits per heavy atom. The third-order valence-electron chi connectivity index (χ3n) is 4.08. The molecule has 0 aliphatic heterocycles. The van der Waals surface area contributed by atoms with Crippen LogP contribution in [0.2, 0.25) is 0 Å². The van der Waals surface area contributed by atoms with Crippen LogP contribution in [0.15, 0.2) is 54.6 Å². The summed E-state index contributed by atoms with van der Waals surface area (Å²) in [5.74, 6) is 1.27. The van der Waals surface area contributed by atoms with Crippen LogP contribution in [0.25, 0.3) is 0 Å². The van der Waals surface area contributed by atoms with E-state index in [0.717, 1.165) is 12.8 Å². The molecule has 0 fully saturated rings. The lowest BCUT2D eigenvalue weighted by Gasteiger charge is -2.21. The molecule has 0 saturated carbocycles. The predicted octanol–water partition coefficient (Wildman–Crippen LogP) is 3.99. The second-order valence-electron chi connectivity index (χ2n) is 6.13. The van der Waals surface area contributed by atoms with Gasteiger partial charge >= 0.3 is 0 Å². The Hall–Kier alpha value is -2.49. The van der Waals surface area contributed by atoms with Crippen molar-refractivity contribution in [1.29, 1.82) is 0 Å². The van der Waals surface area contributed by atoms with E-state index in [1.54, 1.807) is 13.2 Å². The van der Waals surface area contributed by atoms with Gasteiger partial charge in [0.15, 0.2) is 6.10 Å². The molecule has 0 spiro atoms. The highest BCUT2D eigenvalue weighted by Gasteiger charge is 2.20. The molecule has 0 saturated heterocycles. The molecule has 0 aromatic heterocycles. The van der Waals surface area contributed by atoms with Crippen LogP contribution in [-0.4, -0.2) is 25.2 Å². The summed E-state index contributed by atoms with van der Waals surface area (Å²) in [5.41, 5.74) is 1.28. The fourth-order valence-corrected chi connectivity index (χ4v) is 2.60. The first-order valence-electron chi connectivity index (χ1n) is 8.77. The topological polar surface area (TPSA) is 47.6 Å². The summed E-state index contributed by atoms with van der Waals surface area (Å²) in [7, 11) is 1.61. The minimum atomic E-state index is -0.508. The van der Waals surface area contributed by atoms with Crippen LogP contribution in [0.1, 0.15) is 32.3 Å². The van der Waals surface area contributed by atoms with Gasteiger partial charge in [-0.1, -0.05) is 43.3 Å². The minimum absolute atomic E-state index is 0.0779. The number of carbonyl (C=O) groups is 1. The quantitative estimate of drug-likeness (QED) is 0.750. The second-order valence-corrected chi connectivity index (χ2v) is 6.13. The maximum absolute atomic E-state index is 12.5. The molecule has 1 amide bonds. The van der Waals surface area contributed by atoms with Crippen molar-refractivity contribution in [3.05, 3.63) is 60.2 Å².